The van der Waals surface area contributed by atoms with Gasteiger partial charge < -0.3 is 34.3 Å². The number of aliphatic hydroxyl groups is 3. The van der Waals surface area contributed by atoms with Crippen molar-refractivity contribution in [1.82, 2.24) is 0 Å². The molecular weight excluding hydrogens is 532 g/mol. The first-order valence-electron chi connectivity index (χ1n) is 14.5. The Morgan fingerprint density at radius 2 is 1.88 bits per heavy atom. The maximum absolute atomic E-state index is 12.6. The molecule has 10 unspecified atom stereocenters. The van der Waals surface area contributed by atoms with Gasteiger partial charge in [-0.1, -0.05) is 52.0 Å². The zero-order valence-corrected chi connectivity index (χ0v) is 25.3. The van der Waals surface area contributed by atoms with Gasteiger partial charge in [0.1, 0.15) is 30.0 Å². The molecule has 2 heterocycles. The highest BCUT2D eigenvalue weighted by atomic mass is 16.7. The highest BCUT2D eigenvalue weighted by Crippen LogP contribution is 2.29. The Hall–Kier alpha value is -2.69. The Balaban J connectivity index is 2.17. The minimum atomic E-state index is -1.44. The van der Waals surface area contributed by atoms with E-state index in [1.165, 1.54) is 13.8 Å². The van der Waals surface area contributed by atoms with E-state index in [1.807, 2.05) is 52.8 Å². The van der Waals surface area contributed by atoms with Gasteiger partial charge in [-0.15, -0.1) is 0 Å². The van der Waals surface area contributed by atoms with Crippen LogP contribution in [0.3, 0.4) is 0 Å². The standard InChI is InChI=1S/C31H48O10/c1-8-25-21(5)29(41-30(36)39-25)24(34)16-18(2)10-9-11-19(3)28-20(4)12-13-26(38-22(6)32)31(7,37)15-14-23(33)17-27(35)40-28/h9-13,18,20-21,23-26,28-29,33-34,37H,8,14-17H2,1-7H3. The first kappa shape index (κ1) is 34.5. The topological polar surface area (TPSA) is 149 Å². The summed E-state index contributed by atoms with van der Waals surface area (Å²) in [4.78, 5) is 36.1. The number of ether oxygens (including phenoxy) is 4. The summed E-state index contributed by atoms with van der Waals surface area (Å²) in [5.41, 5.74) is -0.701. The van der Waals surface area contributed by atoms with E-state index in [2.05, 4.69) is 0 Å². The average Bonchev–Trinajstić information content (AvgIpc) is 2.88. The van der Waals surface area contributed by atoms with Crippen LogP contribution in [0.15, 0.2) is 36.0 Å². The largest absolute Gasteiger partial charge is 0.508 e. The second-order valence-electron chi connectivity index (χ2n) is 11.8. The first-order chi connectivity index (χ1) is 19.1. The highest BCUT2D eigenvalue weighted by molar-refractivity contribution is 5.70. The molecule has 41 heavy (non-hydrogen) atoms. The summed E-state index contributed by atoms with van der Waals surface area (Å²) in [7, 11) is 0. The van der Waals surface area contributed by atoms with Crippen LogP contribution >= 0.6 is 0 Å². The van der Waals surface area contributed by atoms with E-state index in [4.69, 9.17) is 18.9 Å². The second-order valence-corrected chi connectivity index (χ2v) is 11.8. The Kier molecular flexibility index (Phi) is 13.1. The van der Waals surface area contributed by atoms with Gasteiger partial charge in [0.25, 0.3) is 0 Å². The molecule has 0 aromatic rings. The third-order valence-corrected chi connectivity index (χ3v) is 7.84. The molecule has 2 aliphatic heterocycles. The van der Waals surface area contributed by atoms with Gasteiger partial charge in [0, 0.05) is 18.8 Å². The van der Waals surface area contributed by atoms with Crippen molar-refractivity contribution in [2.24, 2.45) is 17.8 Å². The summed E-state index contributed by atoms with van der Waals surface area (Å²) < 4.78 is 21.6. The minimum Gasteiger partial charge on any atom is -0.457 e. The SMILES string of the molecule is CCC1OC(=O)OC(C(O)CC(C)C=CC=C(C)C2OC(=O)CC(O)CCC(C)(O)C(OC(C)=O)C=CC2C)C1C. The van der Waals surface area contributed by atoms with Gasteiger partial charge >= 0.3 is 18.1 Å². The average molecular weight is 581 g/mol. The highest BCUT2D eigenvalue weighted by Gasteiger charge is 2.40. The van der Waals surface area contributed by atoms with Crippen LogP contribution in [0, 0.1) is 17.8 Å². The number of carbonyl (C=O) groups is 3. The lowest BCUT2D eigenvalue weighted by Gasteiger charge is -2.37. The Morgan fingerprint density at radius 3 is 2.51 bits per heavy atom. The molecule has 1 fully saturated rings. The molecule has 2 aliphatic rings. The van der Waals surface area contributed by atoms with Crippen molar-refractivity contribution < 1.29 is 48.7 Å². The van der Waals surface area contributed by atoms with Crippen molar-refractivity contribution in [2.75, 3.05) is 0 Å². The van der Waals surface area contributed by atoms with E-state index in [-0.39, 0.29) is 43.1 Å². The van der Waals surface area contributed by atoms with Crippen molar-refractivity contribution in [3.05, 3.63) is 36.0 Å². The van der Waals surface area contributed by atoms with Crippen LogP contribution in [0.5, 0.6) is 0 Å². The molecule has 10 nitrogen and oxygen atoms in total. The molecule has 3 N–H and O–H groups in total. The molecule has 0 aromatic carbocycles. The van der Waals surface area contributed by atoms with Gasteiger partial charge in [0.15, 0.2) is 0 Å². The number of hydrogen-bond acceptors (Lipinski definition) is 10. The smallest absolute Gasteiger partial charge is 0.457 e. The zero-order chi connectivity index (χ0) is 30.9. The molecule has 0 amide bonds. The van der Waals surface area contributed by atoms with Crippen LogP contribution in [0.1, 0.15) is 80.6 Å². The van der Waals surface area contributed by atoms with E-state index < -0.39 is 54.2 Å². The van der Waals surface area contributed by atoms with Crippen LogP contribution in [0.2, 0.25) is 0 Å². The molecule has 0 aliphatic carbocycles. The fraction of sp³-hybridized carbons (Fsp3) is 0.710. The third-order valence-electron chi connectivity index (χ3n) is 7.84. The normalized spacial score (nSPS) is 35.4. The van der Waals surface area contributed by atoms with Crippen LogP contribution in [0.4, 0.5) is 4.79 Å². The quantitative estimate of drug-likeness (QED) is 0.165. The first-order valence-corrected chi connectivity index (χ1v) is 14.5. The monoisotopic (exact) mass is 580 g/mol. The third kappa shape index (κ3) is 10.6. The predicted octanol–water partition coefficient (Wildman–Crippen LogP) is 4.16. The summed E-state index contributed by atoms with van der Waals surface area (Å²) in [6.45, 7) is 12.2. The van der Waals surface area contributed by atoms with Gasteiger partial charge in [-0.2, -0.15) is 0 Å². The number of hydrogen-bond donors (Lipinski definition) is 3. The Morgan fingerprint density at radius 1 is 1.20 bits per heavy atom. The molecule has 0 aromatic heterocycles. The number of aliphatic hydroxyl groups excluding tert-OH is 2. The molecule has 1 saturated heterocycles. The Labute approximate surface area is 243 Å². The number of cyclic esters (lactones) is 3. The predicted molar refractivity (Wildman–Crippen MR) is 152 cm³/mol. The summed E-state index contributed by atoms with van der Waals surface area (Å²) in [6.07, 6.45) is 4.72. The molecule has 0 radical (unpaired) electrons. The number of carbonyl (C=O) groups excluding carboxylic acids is 3. The molecule has 0 spiro atoms. The molecule has 2 rings (SSSR count). The molecule has 10 heteroatoms. The zero-order valence-electron chi connectivity index (χ0n) is 25.3. The van der Waals surface area contributed by atoms with Gasteiger partial charge in [0.05, 0.1) is 18.6 Å². The lowest BCUT2D eigenvalue weighted by molar-refractivity contribution is -0.157. The summed E-state index contributed by atoms with van der Waals surface area (Å²) >= 11 is 0. The second kappa shape index (κ2) is 15.5. The van der Waals surface area contributed by atoms with Gasteiger partial charge in [-0.05, 0) is 57.1 Å². The summed E-state index contributed by atoms with van der Waals surface area (Å²) in [5, 5.41) is 32.1. The number of rotatable bonds is 8. The van der Waals surface area contributed by atoms with Crippen molar-refractivity contribution in [3.63, 3.8) is 0 Å². The van der Waals surface area contributed by atoms with Gasteiger partial charge in [0.2, 0.25) is 0 Å². The van der Waals surface area contributed by atoms with E-state index in [0.717, 1.165) is 5.57 Å². The fourth-order valence-electron chi connectivity index (χ4n) is 5.29. The number of esters is 2. The molecule has 0 saturated carbocycles. The molecule has 0 bridgehead atoms. The van der Waals surface area contributed by atoms with Crippen LogP contribution in [-0.2, 0) is 28.5 Å². The van der Waals surface area contributed by atoms with Gasteiger partial charge in [-0.25, -0.2) is 4.79 Å². The number of allylic oxidation sites excluding steroid dienone is 3. The Bertz CT molecular complexity index is 983. The van der Waals surface area contributed by atoms with Crippen LogP contribution in [-0.4, -0.2) is 75.6 Å². The lowest BCUT2D eigenvalue weighted by Crippen LogP contribution is -2.48. The van der Waals surface area contributed by atoms with Crippen molar-refractivity contribution in [2.45, 2.75) is 123 Å². The fourth-order valence-corrected chi connectivity index (χ4v) is 5.29. The molecule has 10 atom stereocenters. The van der Waals surface area contributed by atoms with Crippen LogP contribution in [0.25, 0.3) is 0 Å². The van der Waals surface area contributed by atoms with Crippen molar-refractivity contribution in [3.8, 4) is 0 Å². The maximum atomic E-state index is 12.6. The van der Waals surface area contributed by atoms with E-state index >= 15 is 0 Å². The van der Waals surface area contributed by atoms with E-state index in [9.17, 15) is 29.7 Å². The summed E-state index contributed by atoms with van der Waals surface area (Å²) in [6, 6.07) is 0. The minimum absolute atomic E-state index is 0.0547. The van der Waals surface area contributed by atoms with Gasteiger partial charge in [-0.3, -0.25) is 9.59 Å². The van der Waals surface area contributed by atoms with Crippen molar-refractivity contribution in [1.29, 1.82) is 0 Å². The van der Waals surface area contributed by atoms with E-state index in [0.29, 0.717) is 12.8 Å². The summed E-state index contributed by atoms with van der Waals surface area (Å²) in [5.74, 6) is -1.64. The maximum Gasteiger partial charge on any atom is 0.508 e. The lowest BCUT2D eigenvalue weighted by atomic mass is 9.88. The van der Waals surface area contributed by atoms with E-state index in [1.54, 1.807) is 12.2 Å². The molecule has 232 valence electrons. The van der Waals surface area contributed by atoms with Crippen LogP contribution < -0.4 is 0 Å². The van der Waals surface area contributed by atoms with Crippen molar-refractivity contribution >= 4 is 18.1 Å². The molecular formula is C31H48O10.